The number of hydrogen-bond donors (Lipinski definition) is 1. The van der Waals surface area contributed by atoms with Gasteiger partial charge in [-0.1, -0.05) is 6.92 Å². The van der Waals surface area contributed by atoms with Crippen molar-refractivity contribution in [1.29, 1.82) is 0 Å². The van der Waals surface area contributed by atoms with E-state index in [0.717, 1.165) is 23.5 Å². The molecule has 1 aromatic rings. The molecule has 0 aliphatic rings. The molecule has 0 saturated carbocycles. The predicted molar refractivity (Wildman–Crippen MR) is 72.4 cm³/mol. The summed E-state index contributed by atoms with van der Waals surface area (Å²) in [5.74, 6) is 1.66. The van der Waals surface area contributed by atoms with Crippen LogP contribution in [0.2, 0.25) is 0 Å². The second-order valence-corrected chi connectivity index (χ2v) is 4.06. The molecule has 1 N–H and O–H groups in total. The molecule has 0 fully saturated rings. The largest absolute Gasteiger partial charge is 0.497 e. The average Bonchev–Trinajstić information content (AvgIpc) is 2.43. The van der Waals surface area contributed by atoms with Crippen molar-refractivity contribution in [2.45, 2.75) is 25.5 Å². The maximum atomic E-state index is 5.52. The number of methoxy groups -OCH3 is 3. The summed E-state index contributed by atoms with van der Waals surface area (Å²) in [6.45, 7) is 2.10. The SMILES string of the molecule is CCC(OC)C(NC)c1cc(OC)ccc1OC. The van der Waals surface area contributed by atoms with E-state index in [4.69, 9.17) is 14.2 Å². The quantitative estimate of drug-likeness (QED) is 0.810. The summed E-state index contributed by atoms with van der Waals surface area (Å²) in [4.78, 5) is 0. The van der Waals surface area contributed by atoms with E-state index in [0.29, 0.717) is 0 Å². The van der Waals surface area contributed by atoms with Crippen LogP contribution in [0.4, 0.5) is 0 Å². The van der Waals surface area contributed by atoms with Crippen LogP contribution >= 0.6 is 0 Å². The highest BCUT2D eigenvalue weighted by molar-refractivity contribution is 5.42. The van der Waals surface area contributed by atoms with E-state index in [1.807, 2.05) is 25.2 Å². The number of ether oxygens (including phenoxy) is 3. The molecule has 0 amide bonds. The highest BCUT2D eigenvalue weighted by atomic mass is 16.5. The van der Waals surface area contributed by atoms with E-state index in [-0.39, 0.29) is 12.1 Å². The van der Waals surface area contributed by atoms with Crippen molar-refractivity contribution in [3.05, 3.63) is 23.8 Å². The normalized spacial score (nSPS) is 14.1. The Morgan fingerprint density at radius 1 is 1.17 bits per heavy atom. The number of likely N-dealkylation sites (N-methyl/N-ethyl adjacent to an activating group) is 1. The first-order valence-corrected chi connectivity index (χ1v) is 6.13. The highest BCUT2D eigenvalue weighted by Crippen LogP contribution is 2.32. The monoisotopic (exact) mass is 253 g/mol. The lowest BCUT2D eigenvalue weighted by Crippen LogP contribution is -2.30. The van der Waals surface area contributed by atoms with Gasteiger partial charge in [-0.05, 0) is 31.7 Å². The predicted octanol–water partition coefficient (Wildman–Crippen LogP) is 2.39. The Balaban J connectivity index is 3.16. The molecule has 0 saturated heterocycles. The van der Waals surface area contributed by atoms with Crippen molar-refractivity contribution < 1.29 is 14.2 Å². The molecular formula is C14H23NO3. The lowest BCUT2D eigenvalue weighted by atomic mass is 9.98. The van der Waals surface area contributed by atoms with Gasteiger partial charge >= 0.3 is 0 Å². The van der Waals surface area contributed by atoms with Gasteiger partial charge in [-0.2, -0.15) is 0 Å². The minimum atomic E-state index is 0.0741. The van der Waals surface area contributed by atoms with Crippen LogP contribution < -0.4 is 14.8 Å². The fourth-order valence-electron chi connectivity index (χ4n) is 2.16. The lowest BCUT2D eigenvalue weighted by Gasteiger charge is -2.26. The highest BCUT2D eigenvalue weighted by Gasteiger charge is 2.23. The third-order valence-corrected chi connectivity index (χ3v) is 3.16. The van der Waals surface area contributed by atoms with Crippen molar-refractivity contribution in [3.63, 3.8) is 0 Å². The Kier molecular flexibility index (Phi) is 5.95. The molecule has 2 atom stereocenters. The maximum Gasteiger partial charge on any atom is 0.124 e. The first kappa shape index (κ1) is 14.8. The second kappa shape index (κ2) is 7.24. The lowest BCUT2D eigenvalue weighted by molar-refractivity contribution is 0.0667. The van der Waals surface area contributed by atoms with Crippen molar-refractivity contribution in [1.82, 2.24) is 5.32 Å². The Labute approximate surface area is 109 Å². The van der Waals surface area contributed by atoms with Crippen LogP contribution in [0.25, 0.3) is 0 Å². The van der Waals surface area contributed by atoms with E-state index in [2.05, 4.69) is 12.2 Å². The average molecular weight is 253 g/mol. The molecule has 4 heteroatoms. The number of rotatable bonds is 7. The summed E-state index contributed by atoms with van der Waals surface area (Å²) < 4.78 is 16.2. The summed E-state index contributed by atoms with van der Waals surface area (Å²) in [6, 6.07) is 5.87. The molecule has 0 aliphatic heterocycles. The molecule has 2 unspecified atom stereocenters. The molecule has 1 aromatic carbocycles. The molecule has 4 nitrogen and oxygen atoms in total. The van der Waals surface area contributed by atoms with Gasteiger partial charge in [0.25, 0.3) is 0 Å². The molecule has 0 spiro atoms. The molecule has 0 aliphatic carbocycles. The summed E-state index contributed by atoms with van der Waals surface area (Å²) in [5.41, 5.74) is 1.05. The molecule has 102 valence electrons. The van der Waals surface area contributed by atoms with Crippen molar-refractivity contribution in [3.8, 4) is 11.5 Å². The van der Waals surface area contributed by atoms with Crippen LogP contribution in [0.15, 0.2) is 18.2 Å². The van der Waals surface area contributed by atoms with Gasteiger partial charge in [0.05, 0.1) is 26.4 Å². The second-order valence-electron chi connectivity index (χ2n) is 4.06. The smallest absolute Gasteiger partial charge is 0.124 e. The number of nitrogens with one attached hydrogen (secondary N) is 1. The van der Waals surface area contributed by atoms with Gasteiger partial charge in [-0.3, -0.25) is 0 Å². The zero-order valence-corrected chi connectivity index (χ0v) is 11.8. The van der Waals surface area contributed by atoms with Gasteiger partial charge < -0.3 is 19.5 Å². The van der Waals surface area contributed by atoms with Gasteiger partial charge in [-0.25, -0.2) is 0 Å². The van der Waals surface area contributed by atoms with E-state index >= 15 is 0 Å². The Morgan fingerprint density at radius 2 is 1.89 bits per heavy atom. The Morgan fingerprint density at radius 3 is 2.33 bits per heavy atom. The minimum Gasteiger partial charge on any atom is -0.497 e. The minimum absolute atomic E-state index is 0.0741. The maximum absolute atomic E-state index is 5.52. The van der Waals surface area contributed by atoms with E-state index in [1.165, 1.54) is 0 Å². The van der Waals surface area contributed by atoms with Crippen LogP contribution in [0.5, 0.6) is 11.5 Å². The van der Waals surface area contributed by atoms with Crippen LogP contribution in [-0.4, -0.2) is 34.5 Å². The third-order valence-electron chi connectivity index (χ3n) is 3.16. The van der Waals surface area contributed by atoms with Crippen molar-refractivity contribution in [2.24, 2.45) is 0 Å². The zero-order valence-electron chi connectivity index (χ0n) is 11.8. The van der Waals surface area contributed by atoms with Gasteiger partial charge in [-0.15, -0.1) is 0 Å². The van der Waals surface area contributed by atoms with E-state index < -0.39 is 0 Å². The standard InChI is InChI=1S/C14H23NO3/c1-6-12(17-4)14(15-2)11-9-10(16-3)7-8-13(11)18-5/h7-9,12,14-15H,6H2,1-5H3. The molecule has 0 bridgehead atoms. The van der Waals surface area contributed by atoms with E-state index in [9.17, 15) is 0 Å². The summed E-state index contributed by atoms with van der Waals surface area (Å²) in [6.07, 6.45) is 1.01. The van der Waals surface area contributed by atoms with Crippen LogP contribution in [-0.2, 0) is 4.74 Å². The van der Waals surface area contributed by atoms with Crippen molar-refractivity contribution in [2.75, 3.05) is 28.4 Å². The molecular weight excluding hydrogens is 230 g/mol. The van der Waals surface area contributed by atoms with Gasteiger partial charge in [0, 0.05) is 12.7 Å². The molecule has 0 aromatic heterocycles. The first-order chi connectivity index (χ1) is 8.71. The van der Waals surface area contributed by atoms with Crippen LogP contribution in [0.3, 0.4) is 0 Å². The topological polar surface area (TPSA) is 39.7 Å². The van der Waals surface area contributed by atoms with Crippen LogP contribution in [0, 0.1) is 0 Å². The zero-order chi connectivity index (χ0) is 13.5. The van der Waals surface area contributed by atoms with Gasteiger partial charge in [0.2, 0.25) is 0 Å². The fraction of sp³-hybridized carbons (Fsp3) is 0.571. The Hall–Kier alpha value is -1.26. The molecule has 0 heterocycles. The summed E-state index contributed by atoms with van der Waals surface area (Å²) in [5, 5.41) is 3.29. The van der Waals surface area contributed by atoms with Crippen molar-refractivity contribution >= 4 is 0 Å². The first-order valence-electron chi connectivity index (χ1n) is 6.13. The van der Waals surface area contributed by atoms with Crippen LogP contribution in [0.1, 0.15) is 24.9 Å². The molecule has 0 radical (unpaired) electrons. The molecule has 1 rings (SSSR count). The van der Waals surface area contributed by atoms with Gasteiger partial charge in [0.1, 0.15) is 11.5 Å². The van der Waals surface area contributed by atoms with Gasteiger partial charge in [0.15, 0.2) is 0 Å². The number of benzene rings is 1. The Bertz CT molecular complexity index is 364. The number of hydrogen-bond acceptors (Lipinski definition) is 4. The molecule has 18 heavy (non-hydrogen) atoms. The summed E-state index contributed by atoms with van der Waals surface area (Å²) >= 11 is 0. The summed E-state index contributed by atoms with van der Waals surface area (Å²) in [7, 11) is 6.98. The fourth-order valence-corrected chi connectivity index (χ4v) is 2.16. The van der Waals surface area contributed by atoms with E-state index in [1.54, 1.807) is 21.3 Å². The third kappa shape index (κ3) is 3.15.